The molecule has 0 spiro atoms. The van der Waals surface area contributed by atoms with Crippen molar-refractivity contribution in [3.63, 3.8) is 0 Å². The standard InChI is InChI=1S/C24H25ClN4O2/c1-15(2)24(31)29(4)20-11-17(21-6-5-19(25)13-28-21)10-18(12-20)23(30)9-16(3)22-14-26-7-8-27-22/h5-8,10-16H,9H2,1-4H3. The van der Waals surface area contributed by atoms with Gasteiger partial charge in [-0.25, -0.2) is 0 Å². The van der Waals surface area contributed by atoms with Gasteiger partial charge in [-0.15, -0.1) is 0 Å². The fourth-order valence-corrected chi connectivity index (χ4v) is 3.35. The van der Waals surface area contributed by atoms with E-state index in [1.54, 1.807) is 61.0 Å². The third-order valence-electron chi connectivity index (χ3n) is 5.05. The van der Waals surface area contributed by atoms with Crippen molar-refractivity contribution < 1.29 is 9.59 Å². The second kappa shape index (κ2) is 9.79. The number of carbonyl (C=O) groups is 2. The van der Waals surface area contributed by atoms with Crippen molar-refractivity contribution in [1.29, 1.82) is 0 Å². The first kappa shape index (κ1) is 22.6. The molecule has 2 aromatic heterocycles. The number of nitrogens with zero attached hydrogens (tertiary/aromatic N) is 4. The molecule has 0 aliphatic heterocycles. The molecule has 160 valence electrons. The molecule has 0 aliphatic rings. The van der Waals surface area contributed by atoms with Crippen molar-refractivity contribution in [1.82, 2.24) is 15.0 Å². The highest BCUT2D eigenvalue weighted by atomic mass is 35.5. The number of amides is 1. The van der Waals surface area contributed by atoms with Crippen LogP contribution >= 0.6 is 11.6 Å². The first-order valence-corrected chi connectivity index (χ1v) is 10.5. The zero-order valence-electron chi connectivity index (χ0n) is 18.0. The van der Waals surface area contributed by atoms with Crippen LogP contribution in [0.2, 0.25) is 5.02 Å². The van der Waals surface area contributed by atoms with Gasteiger partial charge in [0.1, 0.15) is 0 Å². The van der Waals surface area contributed by atoms with Gasteiger partial charge < -0.3 is 4.90 Å². The number of hydrogen-bond donors (Lipinski definition) is 0. The first-order valence-electron chi connectivity index (χ1n) is 10.1. The molecular formula is C24H25ClN4O2. The highest BCUT2D eigenvalue weighted by molar-refractivity contribution is 6.30. The molecule has 0 fully saturated rings. The van der Waals surface area contributed by atoms with E-state index in [2.05, 4.69) is 15.0 Å². The molecule has 31 heavy (non-hydrogen) atoms. The minimum absolute atomic E-state index is 0.0347. The lowest BCUT2D eigenvalue weighted by molar-refractivity contribution is -0.121. The Morgan fingerprint density at radius 2 is 1.81 bits per heavy atom. The smallest absolute Gasteiger partial charge is 0.229 e. The predicted molar refractivity (Wildman–Crippen MR) is 122 cm³/mol. The summed E-state index contributed by atoms with van der Waals surface area (Å²) in [7, 11) is 1.72. The Balaban J connectivity index is 1.98. The summed E-state index contributed by atoms with van der Waals surface area (Å²) in [5, 5.41) is 0.529. The molecule has 0 radical (unpaired) electrons. The average molecular weight is 437 g/mol. The SMILES string of the molecule is CC(C)C(=O)N(C)c1cc(C(=O)CC(C)c2cnccn2)cc(-c2ccc(Cl)cn2)c1. The number of aromatic nitrogens is 3. The first-order chi connectivity index (χ1) is 14.8. The van der Waals surface area contributed by atoms with Gasteiger partial charge in [0.05, 0.1) is 16.4 Å². The van der Waals surface area contributed by atoms with E-state index in [9.17, 15) is 9.59 Å². The highest BCUT2D eigenvalue weighted by Gasteiger charge is 2.20. The normalized spacial score (nSPS) is 11.9. The quantitative estimate of drug-likeness (QED) is 0.476. The van der Waals surface area contributed by atoms with Gasteiger partial charge >= 0.3 is 0 Å². The van der Waals surface area contributed by atoms with Gasteiger partial charge in [0.15, 0.2) is 5.78 Å². The number of ketones is 1. The van der Waals surface area contributed by atoms with Crippen LogP contribution in [0.15, 0.2) is 55.1 Å². The van der Waals surface area contributed by atoms with Crippen LogP contribution in [0.1, 0.15) is 49.2 Å². The second-order valence-electron chi connectivity index (χ2n) is 7.84. The third kappa shape index (κ3) is 5.52. The maximum absolute atomic E-state index is 13.2. The van der Waals surface area contributed by atoms with Crippen molar-refractivity contribution >= 4 is 29.0 Å². The predicted octanol–water partition coefficient (Wildman–Crippen LogP) is 5.19. The van der Waals surface area contributed by atoms with Crippen LogP contribution in [-0.2, 0) is 4.79 Å². The summed E-state index contributed by atoms with van der Waals surface area (Å²) in [5.74, 6) is -0.330. The van der Waals surface area contributed by atoms with Gasteiger partial charge in [-0.05, 0) is 30.3 Å². The fraction of sp³-hybridized carbons (Fsp3) is 0.292. The average Bonchev–Trinajstić information content (AvgIpc) is 2.78. The molecule has 3 rings (SSSR count). The molecule has 1 atom stereocenters. The molecule has 0 saturated carbocycles. The monoisotopic (exact) mass is 436 g/mol. The molecular weight excluding hydrogens is 412 g/mol. The Morgan fingerprint density at radius 1 is 1.03 bits per heavy atom. The van der Waals surface area contributed by atoms with E-state index in [1.165, 1.54) is 0 Å². The molecule has 0 saturated heterocycles. The van der Waals surface area contributed by atoms with Gasteiger partial charge in [0.2, 0.25) is 5.91 Å². The fourth-order valence-electron chi connectivity index (χ4n) is 3.24. The number of Topliss-reactive ketones (excluding diaryl/α,β-unsaturated/α-hetero) is 1. The lowest BCUT2D eigenvalue weighted by Gasteiger charge is -2.21. The molecule has 6 nitrogen and oxygen atoms in total. The number of hydrogen-bond acceptors (Lipinski definition) is 5. The van der Waals surface area contributed by atoms with Crippen molar-refractivity contribution in [3.8, 4) is 11.3 Å². The summed E-state index contributed by atoms with van der Waals surface area (Å²) in [6, 6.07) is 8.96. The Bertz CT molecular complexity index is 1070. The van der Waals surface area contributed by atoms with Crippen LogP contribution in [0, 0.1) is 5.92 Å². The van der Waals surface area contributed by atoms with E-state index in [0.717, 1.165) is 11.3 Å². The van der Waals surface area contributed by atoms with Crippen molar-refractivity contribution in [3.05, 3.63) is 71.4 Å². The van der Waals surface area contributed by atoms with Gasteiger partial charge in [-0.1, -0.05) is 32.4 Å². The van der Waals surface area contributed by atoms with Crippen LogP contribution in [-0.4, -0.2) is 33.7 Å². The Kier molecular flexibility index (Phi) is 7.13. The number of halogens is 1. The van der Waals surface area contributed by atoms with Crippen LogP contribution in [0.4, 0.5) is 5.69 Å². The number of carbonyl (C=O) groups excluding carboxylic acids is 2. The molecule has 1 amide bonds. The Hall–Kier alpha value is -3.12. The largest absolute Gasteiger partial charge is 0.315 e. The topological polar surface area (TPSA) is 76.1 Å². The van der Waals surface area contributed by atoms with Crippen LogP contribution in [0.3, 0.4) is 0 Å². The lowest BCUT2D eigenvalue weighted by Crippen LogP contribution is -2.30. The molecule has 0 N–H and O–H groups in total. The van der Waals surface area contributed by atoms with E-state index >= 15 is 0 Å². The zero-order chi connectivity index (χ0) is 22.5. The number of pyridine rings is 1. The van der Waals surface area contributed by atoms with Gasteiger partial charge in [0, 0.05) is 66.9 Å². The maximum atomic E-state index is 13.2. The van der Waals surface area contributed by atoms with Crippen molar-refractivity contribution in [2.24, 2.45) is 5.92 Å². The summed E-state index contributed by atoms with van der Waals surface area (Å²) in [6.45, 7) is 5.64. The molecule has 3 aromatic rings. The van der Waals surface area contributed by atoms with Crippen molar-refractivity contribution in [2.45, 2.75) is 33.1 Å². The Morgan fingerprint density at radius 3 is 2.42 bits per heavy atom. The van der Waals surface area contributed by atoms with Gasteiger partial charge in [-0.2, -0.15) is 0 Å². The molecule has 7 heteroatoms. The lowest BCUT2D eigenvalue weighted by atomic mass is 9.95. The molecule has 0 aliphatic carbocycles. The van der Waals surface area contributed by atoms with Gasteiger partial charge in [0.25, 0.3) is 0 Å². The summed E-state index contributed by atoms with van der Waals surface area (Å²) in [5.41, 5.74) is 3.34. The third-order valence-corrected chi connectivity index (χ3v) is 5.28. The number of benzene rings is 1. The minimum atomic E-state index is -0.168. The summed E-state index contributed by atoms with van der Waals surface area (Å²) in [4.78, 5) is 40.1. The van der Waals surface area contributed by atoms with Crippen LogP contribution < -0.4 is 4.90 Å². The second-order valence-corrected chi connectivity index (χ2v) is 8.28. The van der Waals surface area contributed by atoms with E-state index in [-0.39, 0.29) is 29.9 Å². The van der Waals surface area contributed by atoms with Gasteiger partial charge in [-0.3, -0.25) is 24.5 Å². The summed E-state index contributed by atoms with van der Waals surface area (Å²) in [6.07, 6.45) is 6.73. The van der Waals surface area contributed by atoms with E-state index in [0.29, 0.717) is 22.0 Å². The van der Waals surface area contributed by atoms with E-state index in [1.807, 2.05) is 26.8 Å². The molecule has 2 heterocycles. The minimum Gasteiger partial charge on any atom is -0.315 e. The number of rotatable bonds is 7. The maximum Gasteiger partial charge on any atom is 0.229 e. The van der Waals surface area contributed by atoms with Crippen LogP contribution in [0.25, 0.3) is 11.3 Å². The Labute approximate surface area is 187 Å². The molecule has 1 unspecified atom stereocenters. The molecule has 0 bridgehead atoms. The zero-order valence-corrected chi connectivity index (χ0v) is 18.8. The summed E-state index contributed by atoms with van der Waals surface area (Å²) < 4.78 is 0. The van der Waals surface area contributed by atoms with Crippen molar-refractivity contribution in [2.75, 3.05) is 11.9 Å². The number of anilines is 1. The molecule has 1 aromatic carbocycles. The summed E-state index contributed by atoms with van der Waals surface area (Å²) >= 11 is 5.97. The van der Waals surface area contributed by atoms with E-state index in [4.69, 9.17) is 11.6 Å². The van der Waals surface area contributed by atoms with Crippen LogP contribution in [0.5, 0.6) is 0 Å². The highest BCUT2D eigenvalue weighted by Crippen LogP contribution is 2.29. The van der Waals surface area contributed by atoms with E-state index < -0.39 is 0 Å².